The summed E-state index contributed by atoms with van der Waals surface area (Å²) >= 11 is 13.4. The van der Waals surface area contributed by atoms with Crippen LogP contribution in [-0.2, 0) is 0 Å². The fourth-order valence-electron chi connectivity index (χ4n) is 4.51. The summed E-state index contributed by atoms with van der Waals surface area (Å²) in [5.41, 5.74) is 3.00. The number of halogens is 1. The fourth-order valence-corrected chi connectivity index (χ4v) is 5.76. The number of thiocarbonyl (C=S) groups is 1. The van der Waals surface area contributed by atoms with E-state index in [9.17, 15) is 0 Å². The van der Waals surface area contributed by atoms with E-state index in [1.54, 1.807) is 18.0 Å². The molecule has 0 spiro atoms. The minimum absolute atomic E-state index is 0.193. The summed E-state index contributed by atoms with van der Waals surface area (Å²) in [5.74, 6) is 2.33. The van der Waals surface area contributed by atoms with Crippen LogP contribution in [0.5, 0.6) is 11.5 Å². The Balaban J connectivity index is 1.30. The molecule has 2 atom stereocenters. The SMILES string of the molecule is Cc1ccc(Oc2ccc(N3C(=S)N[C@@H](c4ccccn4)[C@@H]3c3ccc(Sc4ccc(Cl)cc4)o3)cc2)cc1. The molecule has 1 N–H and O–H groups in total. The Bertz CT molecular complexity index is 1570. The van der Waals surface area contributed by atoms with Crippen LogP contribution in [0.15, 0.2) is 124 Å². The summed E-state index contributed by atoms with van der Waals surface area (Å²) in [4.78, 5) is 7.75. The highest BCUT2D eigenvalue weighted by Crippen LogP contribution is 2.44. The minimum Gasteiger partial charge on any atom is -0.457 e. The normalized spacial score (nSPS) is 16.8. The Labute approximate surface area is 241 Å². The van der Waals surface area contributed by atoms with E-state index in [1.165, 1.54) is 5.56 Å². The zero-order chi connectivity index (χ0) is 26.8. The van der Waals surface area contributed by atoms with Gasteiger partial charge in [0.2, 0.25) is 0 Å². The second-order valence-electron chi connectivity index (χ2n) is 9.12. The zero-order valence-electron chi connectivity index (χ0n) is 21.0. The van der Waals surface area contributed by atoms with Crippen LogP contribution in [0.25, 0.3) is 0 Å². The number of furan rings is 1. The number of hydrogen-bond acceptors (Lipinski definition) is 5. The lowest BCUT2D eigenvalue weighted by molar-refractivity contribution is 0.383. The first kappa shape index (κ1) is 25.5. The Hall–Kier alpha value is -3.78. The molecule has 5 aromatic rings. The maximum absolute atomic E-state index is 6.40. The van der Waals surface area contributed by atoms with Crippen molar-refractivity contribution in [3.8, 4) is 11.5 Å². The first-order valence-corrected chi connectivity index (χ1v) is 14.0. The van der Waals surface area contributed by atoms with Crippen LogP contribution in [0, 0.1) is 6.92 Å². The Morgan fingerprint density at radius 3 is 2.31 bits per heavy atom. The predicted molar refractivity (Wildman–Crippen MR) is 160 cm³/mol. The molecule has 1 saturated heterocycles. The lowest BCUT2D eigenvalue weighted by atomic mass is 10.0. The van der Waals surface area contributed by atoms with Crippen LogP contribution in [0.1, 0.15) is 29.1 Å². The molecule has 2 aromatic heterocycles. The third-order valence-corrected chi connectivity index (χ3v) is 7.89. The fraction of sp³-hybridized carbons (Fsp3) is 0.0968. The van der Waals surface area contributed by atoms with Crippen molar-refractivity contribution in [1.29, 1.82) is 0 Å². The molecule has 0 bridgehead atoms. The van der Waals surface area contributed by atoms with Crippen LogP contribution in [0.2, 0.25) is 5.02 Å². The maximum atomic E-state index is 6.40. The summed E-state index contributed by atoms with van der Waals surface area (Å²) in [7, 11) is 0. The van der Waals surface area contributed by atoms with Gasteiger partial charge in [0.05, 0.1) is 11.7 Å². The van der Waals surface area contributed by atoms with Crippen molar-refractivity contribution in [2.75, 3.05) is 4.90 Å². The van der Waals surface area contributed by atoms with Crippen molar-refractivity contribution in [2.24, 2.45) is 0 Å². The molecule has 3 heterocycles. The predicted octanol–water partition coefficient (Wildman–Crippen LogP) is 8.76. The summed E-state index contributed by atoms with van der Waals surface area (Å²) in [6.45, 7) is 2.05. The number of nitrogens with zero attached hydrogens (tertiary/aromatic N) is 2. The third-order valence-electron chi connectivity index (χ3n) is 6.40. The number of rotatable bonds is 7. The molecule has 5 nitrogen and oxygen atoms in total. The molecule has 194 valence electrons. The van der Waals surface area contributed by atoms with Crippen molar-refractivity contribution < 1.29 is 9.15 Å². The molecule has 0 unspecified atom stereocenters. The van der Waals surface area contributed by atoms with Gasteiger partial charge >= 0.3 is 0 Å². The minimum atomic E-state index is -0.240. The maximum Gasteiger partial charge on any atom is 0.174 e. The monoisotopic (exact) mass is 569 g/mol. The van der Waals surface area contributed by atoms with Crippen molar-refractivity contribution in [2.45, 2.75) is 29.0 Å². The van der Waals surface area contributed by atoms with Crippen molar-refractivity contribution >= 4 is 46.4 Å². The van der Waals surface area contributed by atoms with Gasteiger partial charge in [-0.05, 0) is 104 Å². The van der Waals surface area contributed by atoms with Crippen molar-refractivity contribution in [1.82, 2.24) is 10.3 Å². The number of anilines is 1. The third kappa shape index (κ3) is 5.66. The molecular formula is C31H24ClN3O2S2. The van der Waals surface area contributed by atoms with Crippen LogP contribution in [0.4, 0.5) is 5.69 Å². The van der Waals surface area contributed by atoms with Crippen LogP contribution in [0.3, 0.4) is 0 Å². The topological polar surface area (TPSA) is 50.5 Å². The van der Waals surface area contributed by atoms with Gasteiger partial charge in [0.1, 0.15) is 23.3 Å². The highest BCUT2D eigenvalue weighted by atomic mass is 35.5. The number of nitrogens with one attached hydrogen (secondary N) is 1. The van der Waals surface area contributed by atoms with Gasteiger partial charge in [0, 0.05) is 21.8 Å². The number of ether oxygens (including phenoxy) is 1. The van der Waals surface area contributed by atoms with Gasteiger partial charge in [-0.1, -0.05) is 47.1 Å². The van der Waals surface area contributed by atoms with E-state index in [2.05, 4.69) is 22.1 Å². The molecule has 3 aromatic carbocycles. The lowest BCUT2D eigenvalue weighted by Gasteiger charge is -2.26. The molecule has 0 aliphatic carbocycles. The summed E-state index contributed by atoms with van der Waals surface area (Å²) in [6, 6.07) is 33.1. The molecule has 6 rings (SSSR count). The van der Waals surface area contributed by atoms with E-state index in [0.29, 0.717) is 10.1 Å². The van der Waals surface area contributed by atoms with Crippen LogP contribution >= 0.6 is 35.6 Å². The number of benzene rings is 3. The van der Waals surface area contributed by atoms with Gasteiger partial charge in [-0.3, -0.25) is 4.98 Å². The van der Waals surface area contributed by atoms with Gasteiger partial charge in [-0.15, -0.1) is 0 Å². The summed E-state index contributed by atoms with van der Waals surface area (Å²) in [6.07, 6.45) is 1.79. The van der Waals surface area contributed by atoms with Gasteiger partial charge in [0.15, 0.2) is 10.2 Å². The van der Waals surface area contributed by atoms with E-state index in [0.717, 1.165) is 38.6 Å². The second-order valence-corrected chi connectivity index (χ2v) is 11.0. The van der Waals surface area contributed by atoms with Gasteiger partial charge < -0.3 is 19.4 Å². The molecule has 1 aliphatic heterocycles. The molecule has 0 saturated carbocycles. The Kier molecular flexibility index (Phi) is 7.28. The second kappa shape index (κ2) is 11.1. The van der Waals surface area contributed by atoms with Gasteiger partial charge in [-0.25, -0.2) is 0 Å². The average molecular weight is 570 g/mol. The molecular weight excluding hydrogens is 546 g/mol. The zero-order valence-corrected chi connectivity index (χ0v) is 23.3. The molecule has 1 aliphatic rings. The highest BCUT2D eigenvalue weighted by molar-refractivity contribution is 7.99. The molecule has 1 fully saturated rings. The first-order chi connectivity index (χ1) is 19.0. The smallest absolute Gasteiger partial charge is 0.174 e. The van der Waals surface area contributed by atoms with Gasteiger partial charge in [-0.2, -0.15) is 0 Å². The Morgan fingerprint density at radius 1 is 0.897 bits per heavy atom. The number of aromatic nitrogens is 1. The molecule has 8 heteroatoms. The largest absolute Gasteiger partial charge is 0.457 e. The standard InChI is InChI=1S/C31H24ClN3O2S2/c1-20-5-11-23(12-6-20)36-24-13-9-22(10-14-24)35-30(29(34-31(35)38)26-4-2-3-19-33-26)27-17-18-28(37-27)39-25-15-7-21(32)8-16-25/h2-19,29-30H,1H3,(H,34,38)/t29-,30-/m0/s1. The number of aryl methyl sites for hydroxylation is 1. The summed E-state index contributed by atoms with van der Waals surface area (Å²) in [5, 5.41) is 5.56. The quantitative estimate of drug-likeness (QED) is 0.197. The van der Waals surface area contributed by atoms with E-state index in [1.807, 2.05) is 103 Å². The molecule has 0 amide bonds. The van der Waals surface area contributed by atoms with E-state index >= 15 is 0 Å². The Morgan fingerprint density at radius 2 is 1.62 bits per heavy atom. The van der Waals surface area contributed by atoms with E-state index < -0.39 is 0 Å². The molecule has 39 heavy (non-hydrogen) atoms. The number of pyridine rings is 1. The highest BCUT2D eigenvalue weighted by Gasteiger charge is 2.42. The summed E-state index contributed by atoms with van der Waals surface area (Å²) < 4.78 is 12.4. The van der Waals surface area contributed by atoms with Crippen molar-refractivity contribution in [3.63, 3.8) is 0 Å². The van der Waals surface area contributed by atoms with E-state index in [-0.39, 0.29) is 12.1 Å². The first-order valence-electron chi connectivity index (χ1n) is 12.4. The van der Waals surface area contributed by atoms with E-state index in [4.69, 9.17) is 33.0 Å². The molecule has 0 radical (unpaired) electrons. The van der Waals surface area contributed by atoms with Crippen molar-refractivity contribution in [3.05, 3.63) is 131 Å². The lowest BCUT2D eigenvalue weighted by Crippen LogP contribution is -2.29. The van der Waals surface area contributed by atoms with Crippen LogP contribution < -0.4 is 15.0 Å². The number of hydrogen-bond donors (Lipinski definition) is 1. The van der Waals surface area contributed by atoms with Gasteiger partial charge in [0.25, 0.3) is 0 Å². The van der Waals surface area contributed by atoms with Crippen LogP contribution in [-0.4, -0.2) is 10.1 Å². The average Bonchev–Trinajstić information content (AvgIpc) is 3.56.